The quantitative estimate of drug-likeness (QED) is 0.139. The van der Waals surface area contributed by atoms with Crippen molar-refractivity contribution < 1.29 is 19.1 Å². The van der Waals surface area contributed by atoms with Gasteiger partial charge in [-0.05, 0) is 74.2 Å². The number of nitrogens with zero attached hydrogens (tertiary/aromatic N) is 10. The van der Waals surface area contributed by atoms with Crippen LogP contribution in [0.3, 0.4) is 0 Å². The second-order valence-electron chi connectivity index (χ2n) is 17.1. The number of nitrogens with two attached hydrogens (primary N) is 2. The van der Waals surface area contributed by atoms with E-state index < -0.39 is 5.91 Å². The lowest BCUT2D eigenvalue weighted by Gasteiger charge is -2.34. The van der Waals surface area contributed by atoms with Gasteiger partial charge in [-0.25, -0.2) is 0 Å². The first-order valence-electron chi connectivity index (χ1n) is 22.9. The third kappa shape index (κ3) is 11.0. The fraction of sp³-hybridized carbons (Fsp3) is 0.429. The zero-order valence-electron chi connectivity index (χ0n) is 37.4. The van der Waals surface area contributed by atoms with Gasteiger partial charge in [-0.1, -0.05) is 36.2 Å². The molecule has 4 N–H and O–H groups in total. The Morgan fingerprint density at radius 2 is 1.79 bits per heavy atom. The fourth-order valence-electron chi connectivity index (χ4n) is 9.12. The van der Waals surface area contributed by atoms with Crippen LogP contribution in [-0.4, -0.2) is 118 Å². The Kier molecular flexibility index (Phi) is 15.2. The number of hydrogen-bond acceptors (Lipinski definition) is 13. The molecule has 4 aliphatic rings. The van der Waals surface area contributed by atoms with E-state index in [-0.39, 0.29) is 11.6 Å². The van der Waals surface area contributed by atoms with Gasteiger partial charge in [0.15, 0.2) is 11.5 Å². The van der Waals surface area contributed by atoms with Crippen LogP contribution >= 0.6 is 11.6 Å². The van der Waals surface area contributed by atoms with E-state index in [0.29, 0.717) is 42.4 Å². The van der Waals surface area contributed by atoms with E-state index in [9.17, 15) is 9.59 Å². The van der Waals surface area contributed by atoms with Crippen molar-refractivity contribution in [1.82, 2.24) is 34.8 Å². The zero-order chi connectivity index (χ0) is 46.0. The van der Waals surface area contributed by atoms with Gasteiger partial charge in [-0.15, -0.1) is 10.2 Å². The predicted molar refractivity (Wildman–Crippen MR) is 255 cm³/mol. The number of aliphatic imine (C=N–C) groups is 1. The van der Waals surface area contributed by atoms with Crippen molar-refractivity contribution >= 4 is 51.8 Å². The fourth-order valence-corrected chi connectivity index (χ4v) is 9.33. The topological polar surface area (TPSA) is 207 Å². The number of carbonyl (C=O) groups excluding carboxylic acids is 2. The Labute approximate surface area is 390 Å². The molecular formula is C49H57ClN12O4. The molecule has 1 saturated carbocycles. The molecule has 16 nitrogen and oxygen atoms in total. The Hall–Kier alpha value is -6.41. The van der Waals surface area contributed by atoms with Crippen LogP contribution in [0.15, 0.2) is 72.0 Å². The zero-order valence-corrected chi connectivity index (χ0v) is 38.2. The van der Waals surface area contributed by atoms with Gasteiger partial charge in [0.25, 0.3) is 5.91 Å². The first-order chi connectivity index (χ1) is 32.2. The molecule has 1 aliphatic carbocycles. The highest BCUT2D eigenvalue weighted by Crippen LogP contribution is 2.37. The van der Waals surface area contributed by atoms with Gasteiger partial charge in [-0.2, -0.15) is 10.4 Å². The number of nitriles is 1. The molecule has 3 aromatic heterocycles. The summed E-state index contributed by atoms with van der Waals surface area (Å²) >= 11 is 5.94. The minimum absolute atomic E-state index is 0.0794. The maximum Gasteiger partial charge on any atom is 0.269 e. The van der Waals surface area contributed by atoms with Gasteiger partial charge in [0, 0.05) is 125 Å². The summed E-state index contributed by atoms with van der Waals surface area (Å²) in [4.78, 5) is 39.6. The number of halogens is 1. The molecule has 17 heteroatoms. The van der Waals surface area contributed by atoms with Crippen molar-refractivity contribution in [3.63, 3.8) is 0 Å². The number of primary amides is 1. The minimum atomic E-state index is -0.583. The Bertz CT molecular complexity index is 2610. The molecule has 0 radical (unpaired) electrons. The van der Waals surface area contributed by atoms with Crippen LogP contribution < -0.4 is 21.1 Å². The molecule has 3 aliphatic heterocycles. The first-order valence-corrected chi connectivity index (χ1v) is 23.3. The molecule has 66 heavy (non-hydrogen) atoms. The van der Waals surface area contributed by atoms with Crippen LogP contribution in [0.4, 0.5) is 5.82 Å². The second-order valence-corrected chi connectivity index (χ2v) is 17.5. The van der Waals surface area contributed by atoms with E-state index in [4.69, 9.17) is 47.9 Å². The van der Waals surface area contributed by atoms with Gasteiger partial charge < -0.3 is 30.7 Å². The van der Waals surface area contributed by atoms with Gasteiger partial charge in [-0.3, -0.25) is 29.1 Å². The normalized spacial score (nSPS) is 17.6. The number of ether oxygens (including phenoxy) is 2. The Balaban J connectivity index is 0.000000311. The van der Waals surface area contributed by atoms with Crippen molar-refractivity contribution in [2.75, 3.05) is 63.9 Å². The monoisotopic (exact) mass is 912 g/mol. The molecule has 9 rings (SSSR count). The minimum Gasteiger partial charge on any atom is -0.490 e. The van der Waals surface area contributed by atoms with Gasteiger partial charge in [0.05, 0.1) is 40.7 Å². The molecule has 6 heterocycles. The Morgan fingerprint density at radius 1 is 0.985 bits per heavy atom. The summed E-state index contributed by atoms with van der Waals surface area (Å²) in [5.41, 5.74) is 17.8. The standard InChI is InChI=1S/C36H43N11O3.C13H14ClNO/c1-24(48)46-11-7-33-30(23-46)35(43-47(33)27-8-17-50-18-9-27)28-4-2-3-25-19-32(40-22-29(25)28)26(20-37)21-39-10-12-44-13-15-45(16-14-44)34-6-5-31(36(38)49)41-42-34;14-13-8-12(7-6-10(13)9-15)16-11-4-2-1-3-5-11/h2-6,19-22,27H,7-18,23,37H2,1H3,(H2,38,49);6-8,11H,1-5H2/b26-20+,39-21?;. The summed E-state index contributed by atoms with van der Waals surface area (Å²) in [6.45, 7) is 9.15. The number of benzene rings is 2. The SMILES string of the molecule is CC(=O)N1CCc2c(c(-c3cccc4cc(/C(C=NCCN5CCN(c6ccc(C(N)=O)nn6)CC5)=C/N)ncc34)nn2C2CCOCC2)C1.N#Cc1ccc(OC2CCCCC2)cc1Cl. The number of anilines is 1. The molecule has 0 spiro atoms. The maximum atomic E-state index is 12.4. The number of carbonyl (C=O) groups is 2. The predicted octanol–water partition coefficient (Wildman–Crippen LogP) is 6.36. The van der Waals surface area contributed by atoms with Crippen LogP contribution in [0.2, 0.25) is 5.02 Å². The molecule has 0 atom stereocenters. The number of fused-ring (bicyclic) bond motifs is 2. The maximum absolute atomic E-state index is 12.4. The first kappa shape index (κ1) is 46.1. The molecule has 2 saturated heterocycles. The molecular weight excluding hydrogens is 856 g/mol. The van der Waals surface area contributed by atoms with Crippen molar-refractivity contribution in [2.45, 2.75) is 77.0 Å². The summed E-state index contributed by atoms with van der Waals surface area (Å²) < 4.78 is 13.7. The number of piperazine rings is 1. The highest BCUT2D eigenvalue weighted by atomic mass is 35.5. The van der Waals surface area contributed by atoms with Crippen LogP contribution in [-0.2, 0) is 22.5 Å². The third-order valence-corrected chi connectivity index (χ3v) is 13.2. The average Bonchev–Trinajstić information content (AvgIpc) is 3.73. The summed E-state index contributed by atoms with van der Waals surface area (Å²) in [6, 6.07) is 19.3. The van der Waals surface area contributed by atoms with E-state index in [1.807, 2.05) is 29.3 Å². The number of rotatable bonds is 11. The molecule has 0 bridgehead atoms. The summed E-state index contributed by atoms with van der Waals surface area (Å²) in [5, 5.41) is 24.6. The summed E-state index contributed by atoms with van der Waals surface area (Å²) in [7, 11) is 0. The number of pyridine rings is 1. The second kappa shape index (κ2) is 21.7. The van der Waals surface area contributed by atoms with Gasteiger partial charge in [0.2, 0.25) is 5.91 Å². The molecule has 0 unspecified atom stereocenters. The number of allylic oxidation sites excluding steroid dienone is 1. The van der Waals surface area contributed by atoms with E-state index in [0.717, 1.165) is 128 Å². The molecule has 5 aromatic rings. The van der Waals surface area contributed by atoms with Crippen LogP contribution in [0, 0.1) is 11.3 Å². The Morgan fingerprint density at radius 3 is 2.48 bits per heavy atom. The van der Waals surface area contributed by atoms with E-state index in [2.05, 4.69) is 47.9 Å². The third-order valence-electron chi connectivity index (χ3n) is 12.9. The van der Waals surface area contributed by atoms with E-state index >= 15 is 0 Å². The highest BCUT2D eigenvalue weighted by molar-refractivity contribution is 6.31. The van der Waals surface area contributed by atoms with E-state index in [1.165, 1.54) is 25.0 Å². The van der Waals surface area contributed by atoms with Gasteiger partial charge >= 0.3 is 0 Å². The average molecular weight is 914 g/mol. The van der Waals surface area contributed by atoms with E-state index in [1.54, 1.807) is 43.6 Å². The lowest BCUT2D eigenvalue weighted by atomic mass is 9.96. The molecule has 2 amide bonds. The van der Waals surface area contributed by atoms with Crippen LogP contribution in [0.1, 0.15) is 90.9 Å². The van der Waals surface area contributed by atoms with Gasteiger partial charge in [0.1, 0.15) is 11.8 Å². The molecule has 3 fully saturated rings. The molecule has 344 valence electrons. The number of aromatic nitrogens is 5. The van der Waals surface area contributed by atoms with Crippen molar-refractivity contribution in [2.24, 2.45) is 16.5 Å². The lowest BCUT2D eigenvalue weighted by molar-refractivity contribution is -0.129. The van der Waals surface area contributed by atoms with Crippen molar-refractivity contribution in [3.05, 3.63) is 100 Å². The number of amides is 2. The summed E-state index contributed by atoms with van der Waals surface area (Å²) in [5.74, 6) is 1.01. The van der Waals surface area contributed by atoms with Crippen molar-refractivity contribution in [3.8, 4) is 23.1 Å². The number of hydrogen-bond donors (Lipinski definition) is 2. The molecule has 2 aromatic carbocycles. The van der Waals surface area contributed by atoms with Crippen LogP contribution in [0.25, 0.3) is 27.6 Å². The highest BCUT2D eigenvalue weighted by Gasteiger charge is 2.31. The largest absolute Gasteiger partial charge is 0.490 e. The van der Waals surface area contributed by atoms with Crippen molar-refractivity contribution in [1.29, 1.82) is 5.26 Å². The smallest absolute Gasteiger partial charge is 0.269 e. The summed E-state index contributed by atoms with van der Waals surface area (Å²) in [6.07, 6.45) is 14.3. The van der Waals surface area contributed by atoms with Crippen LogP contribution in [0.5, 0.6) is 5.75 Å². The lowest BCUT2D eigenvalue weighted by Crippen LogP contribution is -2.47.